The van der Waals surface area contributed by atoms with Crippen molar-refractivity contribution in [3.05, 3.63) is 97.1 Å². The molecule has 0 saturated carbocycles. The van der Waals surface area contributed by atoms with Gasteiger partial charge in [-0.05, 0) is 58.1 Å². The van der Waals surface area contributed by atoms with E-state index in [9.17, 15) is 4.79 Å². The SMILES string of the molecule is C=CC(=O)O.CCCCc1ccc(Sc2ccc3ccccc3c2)c2ccccc12. The Morgan fingerprint density at radius 1 is 0.933 bits per heavy atom. The summed E-state index contributed by atoms with van der Waals surface area (Å²) in [5.41, 5.74) is 1.47. The van der Waals surface area contributed by atoms with Gasteiger partial charge in [-0.3, -0.25) is 0 Å². The Bertz CT molecular complexity index is 1160. The van der Waals surface area contributed by atoms with Crippen LogP contribution < -0.4 is 0 Å². The number of hydrogen-bond donors (Lipinski definition) is 1. The van der Waals surface area contributed by atoms with Crippen LogP contribution in [0.4, 0.5) is 0 Å². The van der Waals surface area contributed by atoms with E-state index < -0.39 is 5.97 Å². The molecular weight excluding hydrogens is 388 g/mol. The fourth-order valence-electron chi connectivity index (χ4n) is 3.37. The van der Waals surface area contributed by atoms with Crippen molar-refractivity contribution in [2.45, 2.75) is 36.0 Å². The van der Waals surface area contributed by atoms with Gasteiger partial charge in [0.05, 0.1) is 0 Å². The van der Waals surface area contributed by atoms with Gasteiger partial charge < -0.3 is 5.11 Å². The lowest BCUT2D eigenvalue weighted by Crippen LogP contribution is -1.89. The number of carbonyl (C=O) groups is 1. The van der Waals surface area contributed by atoms with E-state index in [1.807, 2.05) is 11.8 Å². The largest absolute Gasteiger partial charge is 0.478 e. The molecule has 0 bridgehead atoms. The molecular formula is C27H26O2S. The van der Waals surface area contributed by atoms with E-state index in [0.29, 0.717) is 0 Å². The van der Waals surface area contributed by atoms with Crippen molar-refractivity contribution in [2.24, 2.45) is 0 Å². The average molecular weight is 415 g/mol. The van der Waals surface area contributed by atoms with Gasteiger partial charge in [-0.15, -0.1) is 0 Å². The lowest BCUT2D eigenvalue weighted by Gasteiger charge is -2.11. The van der Waals surface area contributed by atoms with Crippen LogP contribution in [0.1, 0.15) is 25.3 Å². The number of aryl methyl sites for hydroxylation is 1. The number of rotatable bonds is 6. The summed E-state index contributed by atoms with van der Waals surface area (Å²) in [6, 6.07) is 28.7. The standard InChI is InChI=1S/C24H22S.C3H4O2/c1-2-3-8-19-14-16-24(23-12-7-6-11-22(19)23)25-21-15-13-18-9-4-5-10-20(18)17-21;1-2-3(4)5/h4-7,9-17H,2-3,8H2,1H3;2H,1H2,(H,4,5). The number of unbranched alkanes of at least 4 members (excludes halogenated alkanes) is 1. The smallest absolute Gasteiger partial charge is 0.327 e. The maximum atomic E-state index is 9.25. The van der Waals surface area contributed by atoms with E-state index >= 15 is 0 Å². The molecule has 0 atom stereocenters. The summed E-state index contributed by atoms with van der Waals surface area (Å²) >= 11 is 1.86. The van der Waals surface area contributed by atoms with Crippen molar-refractivity contribution >= 4 is 39.3 Å². The van der Waals surface area contributed by atoms with Crippen LogP contribution in [0, 0.1) is 0 Å². The molecule has 0 spiro atoms. The van der Waals surface area contributed by atoms with Crippen molar-refractivity contribution in [3.8, 4) is 0 Å². The van der Waals surface area contributed by atoms with Crippen LogP contribution in [0.5, 0.6) is 0 Å². The van der Waals surface area contributed by atoms with Gasteiger partial charge in [0.25, 0.3) is 0 Å². The maximum absolute atomic E-state index is 9.25. The van der Waals surface area contributed by atoms with Gasteiger partial charge in [0.1, 0.15) is 0 Å². The third-order valence-electron chi connectivity index (χ3n) is 4.90. The van der Waals surface area contributed by atoms with E-state index in [4.69, 9.17) is 5.11 Å². The number of aliphatic carboxylic acids is 1. The number of carboxylic acid groups (broad SMARTS) is 1. The molecule has 0 aromatic heterocycles. The minimum absolute atomic E-state index is 0.833. The molecule has 0 unspecified atom stereocenters. The Morgan fingerprint density at radius 3 is 2.30 bits per heavy atom. The Kier molecular flexibility index (Phi) is 7.69. The zero-order valence-corrected chi connectivity index (χ0v) is 18.0. The van der Waals surface area contributed by atoms with Crippen LogP contribution in [0.15, 0.2) is 101 Å². The predicted molar refractivity (Wildman–Crippen MR) is 128 cm³/mol. The summed E-state index contributed by atoms with van der Waals surface area (Å²) in [4.78, 5) is 11.9. The molecule has 0 heterocycles. The molecule has 0 radical (unpaired) electrons. The molecule has 0 amide bonds. The fraction of sp³-hybridized carbons (Fsp3) is 0.148. The fourth-order valence-corrected chi connectivity index (χ4v) is 4.37. The van der Waals surface area contributed by atoms with Crippen molar-refractivity contribution < 1.29 is 9.90 Å². The van der Waals surface area contributed by atoms with Gasteiger partial charge in [-0.25, -0.2) is 4.79 Å². The first kappa shape index (κ1) is 21.7. The molecule has 0 aliphatic carbocycles. The van der Waals surface area contributed by atoms with Crippen LogP contribution in [0.3, 0.4) is 0 Å². The van der Waals surface area contributed by atoms with Crippen LogP contribution in [-0.2, 0) is 11.2 Å². The summed E-state index contributed by atoms with van der Waals surface area (Å²) in [5, 5.41) is 13.0. The molecule has 3 heteroatoms. The Hall–Kier alpha value is -3.04. The molecule has 152 valence electrons. The molecule has 2 nitrogen and oxygen atoms in total. The van der Waals surface area contributed by atoms with Gasteiger partial charge in [0, 0.05) is 15.9 Å². The zero-order valence-electron chi connectivity index (χ0n) is 17.2. The predicted octanol–water partition coefficient (Wildman–Crippen LogP) is 7.74. The normalized spacial score (nSPS) is 10.4. The minimum atomic E-state index is -0.981. The van der Waals surface area contributed by atoms with Crippen molar-refractivity contribution in [2.75, 3.05) is 0 Å². The highest BCUT2D eigenvalue weighted by molar-refractivity contribution is 7.99. The molecule has 30 heavy (non-hydrogen) atoms. The first-order chi connectivity index (χ1) is 14.6. The van der Waals surface area contributed by atoms with Gasteiger partial charge in [-0.2, -0.15) is 0 Å². The summed E-state index contributed by atoms with van der Waals surface area (Å²) in [5.74, 6) is -0.981. The molecule has 0 aliphatic heterocycles. The Balaban J connectivity index is 0.000000461. The molecule has 4 aromatic carbocycles. The molecule has 1 N–H and O–H groups in total. The van der Waals surface area contributed by atoms with Crippen molar-refractivity contribution in [3.63, 3.8) is 0 Å². The second kappa shape index (κ2) is 10.7. The lowest BCUT2D eigenvalue weighted by atomic mass is 10.0. The Labute approximate surface area is 182 Å². The van der Waals surface area contributed by atoms with Crippen molar-refractivity contribution in [1.82, 2.24) is 0 Å². The zero-order chi connectivity index (χ0) is 21.3. The number of hydrogen-bond acceptors (Lipinski definition) is 2. The van der Waals surface area contributed by atoms with Crippen LogP contribution in [0.25, 0.3) is 21.5 Å². The second-order valence-corrected chi connectivity index (χ2v) is 8.14. The second-order valence-electron chi connectivity index (χ2n) is 7.03. The third-order valence-corrected chi connectivity index (χ3v) is 5.96. The lowest BCUT2D eigenvalue weighted by molar-refractivity contribution is -0.131. The highest BCUT2D eigenvalue weighted by Crippen LogP contribution is 2.36. The van der Waals surface area contributed by atoms with Gasteiger partial charge in [0.15, 0.2) is 0 Å². The minimum Gasteiger partial charge on any atom is -0.478 e. The maximum Gasteiger partial charge on any atom is 0.327 e. The molecule has 0 aliphatic rings. The summed E-state index contributed by atoms with van der Waals surface area (Å²) in [6.45, 7) is 5.22. The van der Waals surface area contributed by atoms with E-state index in [1.165, 1.54) is 49.7 Å². The third kappa shape index (κ3) is 5.52. The highest BCUT2D eigenvalue weighted by atomic mass is 32.2. The summed E-state index contributed by atoms with van der Waals surface area (Å²) in [6.07, 6.45) is 4.49. The quantitative estimate of drug-likeness (QED) is 0.328. The molecule has 4 aromatic rings. The van der Waals surface area contributed by atoms with Crippen LogP contribution >= 0.6 is 11.8 Å². The number of carboxylic acids is 1. The molecule has 0 saturated heterocycles. The van der Waals surface area contributed by atoms with Crippen LogP contribution in [-0.4, -0.2) is 11.1 Å². The first-order valence-corrected chi connectivity index (χ1v) is 11.0. The molecule has 4 rings (SSSR count). The average Bonchev–Trinajstić information content (AvgIpc) is 2.79. The van der Waals surface area contributed by atoms with Crippen LogP contribution in [0.2, 0.25) is 0 Å². The van der Waals surface area contributed by atoms with E-state index in [-0.39, 0.29) is 0 Å². The van der Waals surface area contributed by atoms with Gasteiger partial charge in [-0.1, -0.05) is 92.3 Å². The number of fused-ring (bicyclic) bond motifs is 2. The van der Waals surface area contributed by atoms with E-state index in [1.54, 1.807) is 0 Å². The first-order valence-electron chi connectivity index (χ1n) is 10.1. The van der Waals surface area contributed by atoms with Crippen molar-refractivity contribution in [1.29, 1.82) is 0 Å². The molecule has 0 fully saturated rings. The summed E-state index contributed by atoms with van der Waals surface area (Å²) < 4.78 is 0. The van der Waals surface area contributed by atoms with E-state index in [0.717, 1.165) is 12.5 Å². The van der Waals surface area contributed by atoms with Gasteiger partial charge >= 0.3 is 5.97 Å². The monoisotopic (exact) mass is 414 g/mol. The van der Waals surface area contributed by atoms with E-state index in [2.05, 4.69) is 92.4 Å². The van der Waals surface area contributed by atoms with Gasteiger partial charge in [0.2, 0.25) is 0 Å². The Morgan fingerprint density at radius 2 is 1.60 bits per heavy atom. The highest BCUT2D eigenvalue weighted by Gasteiger charge is 2.07. The number of benzene rings is 4. The summed E-state index contributed by atoms with van der Waals surface area (Å²) in [7, 11) is 0. The topological polar surface area (TPSA) is 37.3 Å².